The molecular weight excluding hydrogens is 222 g/mol. The molecule has 18 heavy (non-hydrogen) atoms. The highest BCUT2D eigenvalue weighted by atomic mass is 16.5. The van der Waals surface area contributed by atoms with Crippen LogP contribution >= 0.6 is 0 Å². The number of allylic oxidation sites excluding steroid dienone is 1. The SMILES string of the molecule is C=CCCC(NCCC)C1(OCC)CCCCC1. The smallest absolute Gasteiger partial charge is 0.0834 e. The molecule has 2 nitrogen and oxygen atoms in total. The van der Waals surface area contributed by atoms with Crippen molar-refractivity contribution in [3.05, 3.63) is 12.7 Å². The molecule has 106 valence electrons. The van der Waals surface area contributed by atoms with Crippen molar-refractivity contribution in [1.82, 2.24) is 5.32 Å². The van der Waals surface area contributed by atoms with E-state index in [1.807, 2.05) is 6.08 Å². The van der Waals surface area contributed by atoms with E-state index >= 15 is 0 Å². The van der Waals surface area contributed by atoms with E-state index < -0.39 is 0 Å². The van der Waals surface area contributed by atoms with Gasteiger partial charge in [0.2, 0.25) is 0 Å². The molecule has 1 aliphatic rings. The fourth-order valence-corrected chi connectivity index (χ4v) is 3.19. The van der Waals surface area contributed by atoms with Gasteiger partial charge in [-0.15, -0.1) is 6.58 Å². The molecule has 1 N–H and O–H groups in total. The monoisotopic (exact) mass is 253 g/mol. The van der Waals surface area contributed by atoms with Gasteiger partial charge in [0, 0.05) is 12.6 Å². The van der Waals surface area contributed by atoms with Gasteiger partial charge in [0.25, 0.3) is 0 Å². The molecule has 0 saturated heterocycles. The molecule has 0 aliphatic heterocycles. The second-order valence-corrected chi connectivity index (χ2v) is 5.43. The van der Waals surface area contributed by atoms with Crippen molar-refractivity contribution in [3.8, 4) is 0 Å². The predicted molar refractivity (Wildman–Crippen MR) is 79.0 cm³/mol. The molecule has 1 saturated carbocycles. The summed E-state index contributed by atoms with van der Waals surface area (Å²) in [5.41, 5.74) is 0.0885. The third-order valence-electron chi connectivity index (χ3n) is 4.07. The van der Waals surface area contributed by atoms with Gasteiger partial charge in [-0.1, -0.05) is 32.3 Å². The van der Waals surface area contributed by atoms with Crippen LogP contribution in [0, 0.1) is 0 Å². The Morgan fingerprint density at radius 1 is 1.28 bits per heavy atom. The van der Waals surface area contributed by atoms with Crippen LogP contribution in [0.3, 0.4) is 0 Å². The molecule has 2 heteroatoms. The third-order valence-corrected chi connectivity index (χ3v) is 4.07. The van der Waals surface area contributed by atoms with Gasteiger partial charge < -0.3 is 10.1 Å². The lowest BCUT2D eigenvalue weighted by Gasteiger charge is -2.44. The summed E-state index contributed by atoms with van der Waals surface area (Å²) in [6.07, 6.45) is 11.9. The Labute approximate surface area is 113 Å². The Bertz CT molecular complexity index is 216. The van der Waals surface area contributed by atoms with Gasteiger partial charge in [0.05, 0.1) is 5.60 Å². The second-order valence-electron chi connectivity index (χ2n) is 5.43. The number of nitrogens with one attached hydrogen (secondary N) is 1. The van der Waals surface area contributed by atoms with Crippen molar-refractivity contribution < 1.29 is 4.74 Å². The zero-order valence-electron chi connectivity index (χ0n) is 12.3. The zero-order valence-corrected chi connectivity index (χ0v) is 12.3. The van der Waals surface area contributed by atoms with Gasteiger partial charge in [0.1, 0.15) is 0 Å². The molecule has 0 aromatic heterocycles. The third kappa shape index (κ3) is 4.40. The van der Waals surface area contributed by atoms with Crippen LogP contribution in [-0.4, -0.2) is 24.8 Å². The van der Waals surface area contributed by atoms with Crippen molar-refractivity contribution in [2.75, 3.05) is 13.2 Å². The van der Waals surface area contributed by atoms with Crippen LogP contribution in [0.4, 0.5) is 0 Å². The highest BCUT2D eigenvalue weighted by Crippen LogP contribution is 2.36. The summed E-state index contributed by atoms with van der Waals surface area (Å²) >= 11 is 0. The molecule has 0 spiro atoms. The van der Waals surface area contributed by atoms with Crippen LogP contribution in [0.25, 0.3) is 0 Å². The summed E-state index contributed by atoms with van der Waals surface area (Å²) in [4.78, 5) is 0. The van der Waals surface area contributed by atoms with Crippen molar-refractivity contribution in [3.63, 3.8) is 0 Å². The molecule has 1 rings (SSSR count). The lowest BCUT2D eigenvalue weighted by Crippen LogP contribution is -2.53. The molecule has 0 aromatic rings. The Morgan fingerprint density at radius 3 is 2.56 bits per heavy atom. The standard InChI is InChI=1S/C16H31NO/c1-4-7-11-15(17-14-5-2)16(18-6-3)12-9-8-10-13-16/h4,15,17H,1,5-14H2,2-3H3. The summed E-state index contributed by atoms with van der Waals surface area (Å²) < 4.78 is 6.23. The molecule has 1 unspecified atom stereocenters. The summed E-state index contributed by atoms with van der Waals surface area (Å²) in [6.45, 7) is 10.1. The minimum absolute atomic E-state index is 0.0885. The van der Waals surface area contributed by atoms with Gasteiger partial charge in [-0.3, -0.25) is 0 Å². The number of rotatable bonds is 9. The van der Waals surface area contributed by atoms with Crippen LogP contribution in [0.1, 0.15) is 65.2 Å². The first kappa shape index (κ1) is 15.7. The van der Waals surface area contributed by atoms with Gasteiger partial charge in [-0.25, -0.2) is 0 Å². The molecule has 0 bridgehead atoms. The van der Waals surface area contributed by atoms with Crippen molar-refractivity contribution in [2.45, 2.75) is 76.9 Å². The van der Waals surface area contributed by atoms with E-state index in [2.05, 4.69) is 25.7 Å². The number of hydrogen-bond donors (Lipinski definition) is 1. The highest BCUT2D eigenvalue weighted by Gasteiger charge is 2.39. The van der Waals surface area contributed by atoms with Gasteiger partial charge in [-0.05, 0) is 45.6 Å². The molecule has 1 atom stereocenters. The van der Waals surface area contributed by atoms with E-state index in [0.717, 1.165) is 26.0 Å². The number of ether oxygens (including phenoxy) is 1. The minimum Gasteiger partial charge on any atom is -0.374 e. The van der Waals surface area contributed by atoms with Crippen molar-refractivity contribution >= 4 is 0 Å². The van der Waals surface area contributed by atoms with Crippen LogP contribution in [-0.2, 0) is 4.74 Å². The predicted octanol–water partition coefficient (Wildman–Crippen LogP) is 4.06. The van der Waals surface area contributed by atoms with Crippen LogP contribution in [0.5, 0.6) is 0 Å². The van der Waals surface area contributed by atoms with E-state index in [1.54, 1.807) is 0 Å². The molecule has 1 aliphatic carbocycles. The lowest BCUT2D eigenvalue weighted by molar-refractivity contribution is -0.0912. The fraction of sp³-hybridized carbons (Fsp3) is 0.875. The van der Waals surface area contributed by atoms with E-state index in [9.17, 15) is 0 Å². The topological polar surface area (TPSA) is 21.3 Å². The first-order valence-corrected chi connectivity index (χ1v) is 7.77. The number of hydrogen-bond acceptors (Lipinski definition) is 2. The lowest BCUT2D eigenvalue weighted by atomic mass is 9.77. The maximum Gasteiger partial charge on any atom is 0.0834 e. The van der Waals surface area contributed by atoms with Crippen molar-refractivity contribution in [1.29, 1.82) is 0 Å². The first-order valence-electron chi connectivity index (χ1n) is 7.77. The summed E-state index contributed by atoms with van der Waals surface area (Å²) in [5.74, 6) is 0. The Kier molecular flexibility index (Phi) is 7.60. The van der Waals surface area contributed by atoms with E-state index in [1.165, 1.54) is 38.5 Å². The fourth-order valence-electron chi connectivity index (χ4n) is 3.19. The molecule has 0 amide bonds. The molecule has 0 heterocycles. The van der Waals surface area contributed by atoms with Gasteiger partial charge in [0.15, 0.2) is 0 Å². The maximum atomic E-state index is 6.23. The molecular formula is C16H31NO. The van der Waals surface area contributed by atoms with Crippen LogP contribution in [0.2, 0.25) is 0 Å². The molecule has 1 fully saturated rings. The Hall–Kier alpha value is -0.340. The van der Waals surface area contributed by atoms with Crippen LogP contribution in [0.15, 0.2) is 12.7 Å². The maximum absolute atomic E-state index is 6.23. The minimum atomic E-state index is 0.0885. The van der Waals surface area contributed by atoms with Crippen molar-refractivity contribution in [2.24, 2.45) is 0 Å². The van der Waals surface area contributed by atoms with Crippen LogP contribution < -0.4 is 5.32 Å². The normalized spacial score (nSPS) is 20.6. The second kappa shape index (κ2) is 8.71. The van der Waals surface area contributed by atoms with E-state index in [0.29, 0.717) is 6.04 Å². The van der Waals surface area contributed by atoms with Gasteiger partial charge in [-0.2, -0.15) is 0 Å². The Balaban J connectivity index is 2.70. The first-order chi connectivity index (χ1) is 8.79. The summed E-state index contributed by atoms with van der Waals surface area (Å²) in [6, 6.07) is 0.496. The van der Waals surface area contributed by atoms with E-state index in [4.69, 9.17) is 4.74 Å². The molecule has 0 radical (unpaired) electrons. The highest BCUT2D eigenvalue weighted by molar-refractivity contribution is 4.96. The summed E-state index contributed by atoms with van der Waals surface area (Å²) in [5, 5.41) is 3.73. The van der Waals surface area contributed by atoms with E-state index in [-0.39, 0.29) is 5.60 Å². The average Bonchev–Trinajstić information content (AvgIpc) is 2.40. The van der Waals surface area contributed by atoms with Gasteiger partial charge >= 0.3 is 0 Å². The summed E-state index contributed by atoms with van der Waals surface area (Å²) in [7, 11) is 0. The molecule has 0 aromatic carbocycles. The Morgan fingerprint density at radius 2 is 2.00 bits per heavy atom. The quantitative estimate of drug-likeness (QED) is 0.626. The average molecular weight is 253 g/mol. The zero-order chi connectivity index (χ0) is 13.3. The largest absolute Gasteiger partial charge is 0.374 e.